The minimum Gasteiger partial charge on any atom is -0.171 e. The smallest absolute Gasteiger partial charge is 0.171 e. The van der Waals surface area contributed by atoms with Gasteiger partial charge < -0.3 is 0 Å². The van der Waals surface area contributed by atoms with Crippen LogP contribution < -0.4 is 0 Å². The zero-order valence-electron chi connectivity index (χ0n) is 12.8. The van der Waals surface area contributed by atoms with Gasteiger partial charge in [-0.1, -0.05) is 58.0 Å². The normalized spacial score (nSPS) is 21.0. The Morgan fingerprint density at radius 3 is 2.44 bits per heavy atom. The van der Waals surface area contributed by atoms with E-state index >= 15 is 0 Å². The van der Waals surface area contributed by atoms with Crippen LogP contribution in [-0.2, 0) is 6.42 Å². The van der Waals surface area contributed by atoms with Crippen LogP contribution in [0.5, 0.6) is 0 Å². The van der Waals surface area contributed by atoms with E-state index in [1.165, 1.54) is 23.7 Å². The number of benzene rings is 1. The van der Waals surface area contributed by atoms with Crippen molar-refractivity contribution in [2.24, 2.45) is 11.8 Å². The second kappa shape index (κ2) is 7.48. The van der Waals surface area contributed by atoms with Gasteiger partial charge in [-0.05, 0) is 35.5 Å². The number of rotatable bonds is 4. The first-order valence-electron chi connectivity index (χ1n) is 7.50. The van der Waals surface area contributed by atoms with Crippen LogP contribution in [0.2, 0.25) is 0 Å². The summed E-state index contributed by atoms with van der Waals surface area (Å²) in [6.45, 7) is 0. The summed E-state index contributed by atoms with van der Waals surface area (Å²) in [7, 11) is 0. The average molecular weight is 405 g/mol. The number of hydrogen-bond acceptors (Lipinski definition) is 3. The van der Waals surface area contributed by atoms with Gasteiger partial charge in [-0.15, -0.1) is 5.10 Å². The van der Waals surface area contributed by atoms with Crippen molar-refractivity contribution in [2.75, 3.05) is 0 Å². The molecule has 3 rings (SSSR count). The van der Waals surface area contributed by atoms with E-state index in [4.69, 9.17) is 23.2 Å². The molecular formula is C17H13Cl2F3N2S. The fourth-order valence-corrected chi connectivity index (χ4v) is 3.84. The molecule has 8 heteroatoms. The molecule has 1 heterocycles. The van der Waals surface area contributed by atoms with E-state index in [1.54, 1.807) is 0 Å². The van der Waals surface area contributed by atoms with Crippen LogP contribution in [0.3, 0.4) is 0 Å². The summed E-state index contributed by atoms with van der Waals surface area (Å²) in [6, 6.07) is 7.50. The van der Waals surface area contributed by atoms with Crippen molar-refractivity contribution in [3.8, 4) is 11.3 Å². The van der Waals surface area contributed by atoms with Crippen molar-refractivity contribution >= 4 is 34.7 Å². The monoisotopic (exact) mass is 404 g/mol. The second-order valence-corrected chi connectivity index (χ2v) is 7.26. The molecule has 2 atom stereocenters. The lowest BCUT2D eigenvalue weighted by Crippen LogP contribution is -2.25. The molecule has 0 saturated carbocycles. The molecule has 0 radical (unpaired) electrons. The molecule has 0 fully saturated rings. The first kappa shape index (κ1) is 18.4. The van der Waals surface area contributed by atoms with Crippen LogP contribution in [0, 0.1) is 11.8 Å². The van der Waals surface area contributed by atoms with Crippen LogP contribution >= 0.6 is 34.7 Å². The largest absolute Gasteiger partial charge is 0.389 e. The molecule has 0 bridgehead atoms. The molecule has 1 aromatic heterocycles. The summed E-state index contributed by atoms with van der Waals surface area (Å²) in [5, 5.41) is 6.41. The summed E-state index contributed by atoms with van der Waals surface area (Å²) in [5.74, 6) is -1.22. The van der Waals surface area contributed by atoms with E-state index in [1.807, 2.05) is 29.6 Å². The standard InChI is InChI=1S/C17H13Cl2F3N2S/c18-14-6-5-12(8-17(20,21)22)13(16(14)19)7-10-1-3-11(4-2-10)15-9-25-24-23-15/h1-6,9,12-13H,7-8H2. The molecule has 0 spiro atoms. The second-order valence-electron chi connectivity index (χ2n) is 5.84. The Balaban J connectivity index is 1.79. The minimum atomic E-state index is -4.25. The molecule has 0 saturated heterocycles. The van der Waals surface area contributed by atoms with Crippen molar-refractivity contribution in [1.82, 2.24) is 9.59 Å². The maximum Gasteiger partial charge on any atom is 0.389 e. The fourth-order valence-electron chi connectivity index (χ4n) is 2.86. The van der Waals surface area contributed by atoms with Crippen molar-refractivity contribution in [1.29, 1.82) is 0 Å². The van der Waals surface area contributed by atoms with Gasteiger partial charge in [0.1, 0.15) is 5.69 Å². The molecule has 25 heavy (non-hydrogen) atoms. The third-order valence-electron chi connectivity index (χ3n) is 4.09. The molecular weight excluding hydrogens is 392 g/mol. The van der Waals surface area contributed by atoms with Crippen molar-refractivity contribution < 1.29 is 13.2 Å². The van der Waals surface area contributed by atoms with E-state index in [0.29, 0.717) is 11.5 Å². The summed E-state index contributed by atoms with van der Waals surface area (Å²) < 4.78 is 42.4. The zero-order chi connectivity index (χ0) is 18.0. The Morgan fingerprint density at radius 2 is 1.84 bits per heavy atom. The van der Waals surface area contributed by atoms with Crippen LogP contribution in [0.1, 0.15) is 12.0 Å². The SMILES string of the molecule is FC(F)(F)CC1C=CC(Cl)=C(Cl)C1Cc1ccc(-c2csnn2)cc1. The highest BCUT2D eigenvalue weighted by Crippen LogP contribution is 2.41. The highest BCUT2D eigenvalue weighted by molar-refractivity contribution is 7.03. The molecule has 0 aliphatic heterocycles. The minimum absolute atomic E-state index is 0.284. The quantitative estimate of drug-likeness (QED) is 0.606. The Morgan fingerprint density at radius 1 is 1.12 bits per heavy atom. The highest BCUT2D eigenvalue weighted by atomic mass is 35.5. The molecule has 2 unspecified atom stereocenters. The maximum absolute atomic E-state index is 12.8. The number of hydrogen-bond donors (Lipinski definition) is 0. The molecule has 0 N–H and O–H groups in total. The van der Waals surface area contributed by atoms with E-state index in [2.05, 4.69) is 9.59 Å². The molecule has 2 aromatic rings. The van der Waals surface area contributed by atoms with Crippen LogP contribution in [0.25, 0.3) is 11.3 Å². The van der Waals surface area contributed by atoms with Crippen molar-refractivity contribution in [2.45, 2.75) is 19.0 Å². The lowest BCUT2D eigenvalue weighted by atomic mass is 9.81. The molecule has 132 valence electrons. The van der Waals surface area contributed by atoms with Crippen LogP contribution in [0.15, 0.2) is 51.9 Å². The number of aromatic nitrogens is 2. The van der Waals surface area contributed by atoms with Gasteiger partial charge in [0.25, 0.3) is 0 Å². The number of alkyl halides is 3. The molecule has 2 nitrogen and oxygen atoms in total. The van der Waals surface area contributed by atoms with E-state index < -0.39 is 24.4 Å². The summed E-state index contributed by atoms with van der Waals surface area (Å²) in [6.07, 6.45) is -1.83. The maximum atomic E-state index is 12.8. The number of halogens is 5. The molecule has 1 aliphatic rings. The van der Waals surface area contributed by atoms with Gasteiger partial charge in [-0.2, -0.15) is 13.2 Å². The molecule has 0 amide bonds. The van der Waals surface area contributed by atoms with Gasteiger partial charge in [0.15, 0.2) is 0 Å². The van der Waals surface area contributed by atoms with Gasteiger partial charge in [-0.3, -0.25) is 0 Å². The van der Waals surface area contributed by atoms with Crippen molar-refractivity contribution in [3.05, 3.63) is 57.4 Å². The Bertz CT molecular complexity index is 783. The predicted molar refractivity (Wildman–Crippen MR) is 94.6 cm³/mol. The summed E-state index contributed by atoms with van der Waals surface area (Å²) >= 11 is 13.5. The summed E-state index contributed by atoms with van der Waals surface area (Å²) in [4.78, 5) is 0. The average Bonchev–Trinajstić information content (AvgIpc) is 3.08. The Kier molecular flexibility index (Phi) is 5.51. The van der Waals surface area contributed by atoms with Gasteiger partial charge in [0, 0.05) is 21.9 Å². The van der Waals surface area contributed by atoms with E-state index in [0.717, 1.165) is 16.8 Å². The lowest BCUT2D eigenvalue weighted by Gasteiger charge is -2.28. The van der Waals surface area contributed by atoms with E-state index in [-0.39, 0.29) is 5.03 Å². The van der Waals surface area contributed by atoms with Gasteiger partial charge in [0.05, 0.1) is 11.5 Å². The number of nitrogens with zero attached hydrogens (tertiary/aromatic N) is 2. The third kappa shape index (κ3) is 4.63. The zero-order valence-corrected chi connectivity index (χ0v) is 15.1. The van der Waals surface area contributed by atoms with Gasteiger partial charge in [-0.25, -0.2) is 0 Å². The highest BCUT2D eigenvalue weighted by Gasteiger charge is 2.37. The Labute approximate surface area is 157 Å². The topological polar surface area (TPSA) is 25.8 Å². The first-order valence-corrected chi connectivity index (χ1v) is 9.09. The first-order chi connectivity index (χ1) is 11.8. The predicted octanol–water partition coefficient (Wildman–Crippen LogP) is 6.19. The Hall–Kier alpha value is -1.37. The van der Waals surface area contributed by atoms with E-state index in [9.17, 15) is 13.2 Å². The molecule has 1 aliphatic carbocycles. The van der Waals surface area contributed by atoms with Crippen LogP contribution in [-0.4, -0.2) is 15.8 Å². The third-order valence-corrected chi connectivity index (χ3v) is 5.51. The van der Waals surface area contributed by atoms with Crippen molar-refractivity contribution in [3.63, 3.8) is 0 Å². The number of allylic oxidation sites excluding steroid dienone is 4. The summed E-state index contributed by atoms with van der Waals surface area (Å²) in [5.41, 5.74) is 2.57. The lowest BCUT2D eigenvalue weighted by molar-refractivity contribution is -0.143. The van der Waals surface area contributed by atoms with Gasteiger partial charge >= 0.3 is 6.18 Å². The van der Waals surface area contributed by atoms with Gasteiger partial charge in [0.2, 0.25) is 0 Å². The molecule has 1 aromatic carbocycles. The fraction of sp³-hybridized carbons (Fsp3) is 0.294. The van der Waals surface area contributed by atoms with Crippen LogP contribution in [0.4, 0.5) is 13.2 Å².